The van der Waals surface area contributed by atoms with E-state index in [1.54, 1.807) is 0 Å². The molecule has 0 spiro atoms. The Kier molecular flexibility index (Phi) is 3.04. The van der Waals surface area contributed by atoms with E-state index in [1.165, 1.54) is 0 Å². The maximum absolute atomic E-state index is 12.5. The Morgan fingerprint density at radius 3 is 2.57 bits per heavy atom. The van der Waals surface area contributed by atoms with E-state index in [2.05, 4.69) is 20.9 Å². The number of hydrogen-bond acceptors (Lipinski definition) is 3. The molecule has 0 saturated heterocycles. The Bertz CT molecular complexity index is 386. The Hall–Kier alpha value is -1.18. The van der Waals surface area contributed by atoms with Crippen molar-refractivity contribution < 1.29 is 18.1 Å². The zero-order valence-electron chi connectivity index (χ0n) is 6.38. The highest BCUT2D eigenvalue weighted by Gasteiger charge is 2.27. The summed E-state index contributed by atoms with van der Waals surface area (Å²) in [4.78, 5) is 12.1. The van der Waals surface area contributed by atoms with Gasteiger partial charge in [0.15, 0.2) is 5.69 Å². The molecule has 0 radical (unpaired) electrons. The first kappa shape index (κ1) is 10.9. The van der Waals surface area contributed by atoms with Crippen molar-refractivity contribution in [1.82, 2.24) is 4.98 Å². The van der Waals surface area contributed by atoms with Gasteiger partial charge < -0.3 is 0 Å². The lowest BCUT2D eigenvalue weighted by molar-refractivity contribution is -0.387. The van der Waals surface area contributed by atoms with Crippen LogP contribution in [0.5, 0.6) is 0 Å². The molecule has 76 valence electrons. The molecule has 0 bridgehead atoms. The molecule has 1 aromatic rings. The third-order valence-corrected chi connectivity index (χ3v) is 1.94. The highest BCUT2D eigenvalue weighted by atomic mass is 79.9. The molecule has 8 heteroatoms. The predicted molar refractivity (Wildman–Crippen MR) is 43.5 cm³/mol. The monoisotopic (exact) mass is 270 g/mol. The van der Waals surface area contributed by atoms with Crippen LogP contribution in [0.3, 0.4) is 0 Å². The lowest BCUT2D eigenvalue weighted by atomic mass is 10.3. The second kappa shape index (κ2) is 3.91. The Labute approximate surface area is 84.0 Å². The van der Waals surface area contributed by atoms with Crippen molar-refractivity contribution in [2.45, 2.75) is 6.43 Å². The van der Waals surface area contributed by atoms with Gasteiger partial charge in [-0.25, -0.2) is 13.8 Å². The maximum Gasteiger partial charge on any atom is 0.310 e. The van der Waals surface area contributed by atoms with E-state index in [4.69, 9.17) is 0 Å². The molecule has 0 saturated carbocycles. The van der Waals surface area contributed by atoms with Crippen LogP contribution in [0.4, 0.5) is 18.9 Å². The molecule has 0 fully saturated rings. The van der Waals surface area contributed by atoms with Gasteiger partial charge in [0.1, 0.15) is 4.47 Å². The standard InChI is InChI=1S/C6H2BrF3N2O2/c7-2-1-3(8)11-4(6(9)10)5(2)12(13)14/h1,6H. The molecule has 0 aliphatic rings. The van der Waals surface area contributed by atoms with Crippen LogP contribution in [0, 0.1) is 16.1 Å². The normalized spacial score (nSPS) is 10.6. The molecule has 0 aromatic carbocycles. The number of halogens is 4. The minimum absolute atomic E-state index is 0.356. The van der Waals surface area contributed by atoms with E-state index in [-0.39, 0.29) is 4.47 Å². The first-order valence-electron chi connectivity index (χ1n) is 3.22. The van der Waals surface area contributed by atoms with Gasteiger partial charge in [0, 0.05) is 6.07 Å². The predicted octanol–water partition coefficient (Wildman–Crippen LogP) is 2.83. The zero-order chi connectivity index (χ0) is 10.9. The summed E-state index contributed by atoms with van der Waals surface area (Å²) in [6, 6.07) is 0.657. The number of pyridine rings is 1. The third-order valence-electron chi connectivity index (χ3n) is 1.33. The van der Waals surface area contributed by atoms with Gasteiger partial charge in [-0.15, -0.1) is 0 Å². The molecule has 0 unspecified atom stereocenters. The van der Waals surface area contributed by atoms with Gasteiger partial charge in [-0.3, -0.25) is 10.1 Å². The molecule has 14 heavy (non-hydrogen) atoms. The van der Waals surface area contributed by atoms with Crippen LogP contribution in [0.15, 0.2) is 10.5 Å². The quantitative estimate of drug-likeness (QED) is 0.472. The molecule has 0 aliphatic carbocycles. The summed E-state index contributed by atoms with van der Waals surface area (Å²) in [6.07, 6.45) is -3.19. The lowest BCUT2D eigenvalue weighted by Gasteiger charge is -2.02. The van der Waals surface area contributed by atoms with Gasteiger partial charge >= 0.3 is 5.69 Å². The van der Waals surface area contributed by atoms with Crippen molar-refractivity contribution in [3.8, 4) is 0 Å². The van der Waals surface area contributed by atoms with Gasteiger partial charge in [0.25, 0.3) is 6.43 Å². The van der Waals surface area contributed by atoms with E-state index in [0.717, 1.165) is 0 Å². The molecule has 1 rings (SSSR count). The number of rotatable bonds is 2. The van der Waals surface area contributed by atoms with Crippen molar-refractivity contribution in [2.75, 3.05) is 0 Å². The number of nitrogens with zero attached hydrogens (tertiary/aromatic N) is 2. The van der Waals surface area contributed by atoms with Crippen LogP contribution in [-0.2, 0) is 0 Å². The van der Waals surface area contributed by atoms with Crippen LogP contribution in [0.2, 0.25) is 0 Å². The Morgan fingerprint density at radius 1 is 1.57 bits per heavy atom. The molecule has 4 nitrogen and oxygen atoms in total. The minimum atomic E-state index is -3.19. The summed E-state index contributed by atoms with van der Waals surface area (Å²) in [5.41, 5.74) is -2.09. The molecular weight excluding hydrogens is 269 g/mol. The minimum Gasteiger partial charge on any atom is -0.258 e. The average molecular weight is 271 g/mol. The van der Waals surface area contributed by atoms with Gasteiger partial charge in [0.2, 0.25) is 5.95 Å². The molecule has 0 atom stereocenters. The van der Waals surface area contributed by atoms with E-state index >= 15 is 0 Å². The van der Waals surface area contributed by atoms with Gasteiger partial charge in [-0.05, 0) is 15.9 Å². The molecule has 0 N–H and O–H groups in total. The van der Waals surface area contributed by atoms with E-state index in [1.807, 2.05) is 0 Å². The molecule has 0 amide bonds. The number of aromatic nitrogens is 1. The highest BCUT2D eigenvalue weighted by molar-refractivity contribution is 9.10. The van der Waals surface area contributed by atoms with Crippen LogP contribution < -0.4 is 0 Å². The molecular formula is C6H2BrF3N2O2. The summed E-state index contributed by atoms with van der Waals surface area (Å²) >= 11 is 2.61. The van der Waals surface area contributed by atoms with Crippen molar-refractivity contribution >= 4 is 21.6 Å². The van der Waals surface area contributed by atoms with E-state index in [0.29, 0.717) is 6.07 Å². The summed E-state index contributed by atoms with van der Waals surface area (Å²) < 4.78 is 36.6. The van der Waals surface area contributed by atoms with Gasteiger partial charge in [-0.2, -0.15) is 4.39 Å². The van der Waals surface area contributed by atoms with Crippen molar-refractivity contribution in [1.29, 1.82) is 0 Å². The Morgan fingerprint density at radius 2 is 2.14 bits per heavy atom. The average Bonchev–Trinajstić information content (AvgIpc) is 2.01. The molecule has 1 heterocycles. The topological polar surface area (TPSA) is 56.0 Å². The Balaban J connectivity index is 3.44. The first-order chi connectivity index (χ1) is 6.43. The summed E-state index contributed by atoms with van der Waals surface area (Å²) in [6.45, 7) is 0. The maximum atomic E-state index is 12.5. The fourth-order valence-electron chi connectivity index (χ4n) is 0.828. The van der Waals surface area contributed by atoms with Crippen LogP contribution in [0.25, 0.3) is 0 Å². The fourth-order valence-corrected chi connectivity index (χ4v) is 1.37. The van der Waals surface area contributed by atoms with E-state index < -0.39 is 28.7 Å². The first-order valence-corrected chi connectivity index (χ1v) is 4.01. The van der Waals surface area contributed by atoms with Crippen molar-refractivity contribution in [3.05, 3.63) is 32.3 Å². The number of hydrogen-bond donors (Lipinski definition) is 0. The summed E-state index contributed by atoms with van der Waals surface area (Å²) in [5, 5.41) is 10.3. The molecule has 1 aromatic heterocycles. The largest absolute Gasteiger partial charge is 0.310 e. The smallest absolute Gasteiger partial charge is 0.258 e. The van der Waals surface area contributed by atoms with Crippen LogP contribution >= 0.6 is 15.9 Å². The van der Waals surface area contributed by atoms with E-state index in [9.17, 15) is 23.3 Å². The van der Waals surface area contributed by atoms with Crippen LogP contribution in [-0.4, -0.2) is 9.91 Å². The second-order valence-electron chi connectivity index (χ2n) is 2.22. The second-order valence-corrected chi connectivity index (χ2v) is 3.07. The zero-order valence-corrected chi connectivity index (χ0v) is 7.96. The van der Waals surface area contributed by atoms with Gasteiger partial charge in [-0.1, -0.05) is 0 Å². The SMILES string of the molecule is O=[N+]([O-])c1c(Br)cc(F)nc1C(F)F. The van der Waals surface area contributed by atoms with Gasteiger partial charge in [0.05, 0.1) is 4.92 Å². The van der Waals surface area contributed by atoms with Crippen LogP contribution in [0.1, 0.15) is 12.1 Å². The fraction of sp³-hybridized carbons (Fsp3) is 0.167. The number of alkyl halides is 2. The lowest BCUT2D eigenvalue weighted by Crippen LogP contribution is -2.02. The van der Waals surface area contributed by atoms with Crippen molar-refractivity contribution in [2.24, 2.45) is 0 Å². The molecule has 0 aliphatic heterocycles. The summed E-state index contributed by atoms with van der Waals surface area (Å²) in [5.74, 6) is -1.20. The summed E-state index contributed by atoms with van der Waals surface area (Å²) in [7, 11) is 0. The highest BCUT2D eigenvalue weighted by Crippen LogP contribution is 2.33. The van der Waals surface area contributed by atoms with Crippen molar-refractivity contribution in [3.63, 3.8) is 0 Å². The third kappa shape index (κ3) is 2.00. The number of nitro groups is 1.